The molecule has 2 aromatic rings. The molecule has 5 heteroatoms. The Morgan fingerprint density at radius 1 is 1.12 bits per heavy atom. The van der Waals surface area contributed by atoms with E-state index in [1.165, 1.54) is 0 Å². The van der Waals surface area contributed by atoms with Crippen LogP contribution in [-0.4, -0.2) is 26.2 Å². The molecule has 0 aromatic heterocycles. The van der Waals surface area contributed by atoms with Gasteiger partial charge in [0.25, 0.3) is 0 Å². The van der Waals surface area contributed by atoms with E-state index in [0.717, 1.165) is 16.7 Å². The molecule has 0 fully saturated rings. The number of hydrogen-bond acceptors (Lipinski definition) is 4. The van der Waals surface area contributed by atoms with Crippen molar-refractivity contribution in [2.24, 2.45) is 0 Å². The minimum absolute atomic E-state index is 0.0132. The molecule has 1 aliphatic rings. The SMILES string of the molecule is COc1cc2c(cc1OC)C[C@@H](C(=O)NCc1ccccc1)NC2. The monoisotopic (exact) mass is 326 g/mol. The van der Waals surface area contributed by atoms with E-state index in [0.29, 0.717) is 31.0 Å². The first-order valence-electron chi connectivity index (χ1n) is 8.00. The van der Waals surface area contributed by atoms with Gasteiger partial charge >= 0.3 is 0 Å². The maximum Gasteiger partial charge on any atom is 0.237 e. The smallest absolute Gasteiger partial charge is 0.237 e. The quantitative estimate of drug-likeness (QED) is 0.883. The molecule has 5 nitrogen and oxygen atoms in total. The molecule has 3 rings (SSSR count). The third-order valence-corrected chi connectivity index (χ3v) is 4.29. The Kier molecular flexibility index (Phi) is 5.01. The number of amides is 1. The van der Waals surface area contributed by atoms with Crippen molar-refractivity contribution >= 4 is 5.91 Å². The number of hydrogen-bond donors (Lipinski definition) is 2. The molecule has 0 unspecified atom stereocenters. The molecule has 1 amide bonds. The van der Waals surface area contributed by atoms with E-state index in [1.807, 2.05) is 42.5 Å². The maximum absolute atomic E-state index is 12.4. The fourth-order valence-electron chi connectivity index (χ4n) is 2.94. The van der Waals surface area contributed by atoms with Crippen LogP contribution in [0.1, 0.15) is 16.7 Å². The molecule has 24 heavy (non-hydrogen) atoms. The van der Waals surface area contributed by atoms with E-state index < -0.39 is 0 Å². The average Bonchev–Trinajstić information content (AvgIpc) is 2.65. The third-order valence-electron chi connectivity index (χ3n) is 4.29. The molecule has 2 N–H and O–H groups in total. The number of carbonyl (C=O) groups excluding carboxylic acids is 1. The Bertz CT molecular complexity index is 716. The highest BCUT2D eigenvalue weighted by Crippen LogP contribution is 2.32. The van der Waals surface area contributed by atoms with Crippen molar-refractivity contribution in [1.82, 2.24) is 10.6 Å². The Morgan fingerprint density at radius 3 is 2.46 bits per heavy atom. The van der Waals surface area contributed by atoms with Gasteiger partial charge in [0.05, 0.1) is 20.3 Å². The van der Waals surface area contributed by atoms with Gasteiger partial charge in [-0.15, -0.1) is 0 Å². The number of fused-ring (bicyclic) bond motifs is 1. The summed E-state index contributed by atoms with van der Waals surface area (Å²) in [6.07, 6.45) is 0.635. The van der Waals surface area contributed by atoms with Crippen LogP contribution in [0.4, 0.5) is 0 Å². The highest BCUT2D eigenvalue weighted by Gasteiger charge is 2.25. The molecule has 0 spiro atoms. The van der Waals surface area contributed by atoms with Crippen molar-refractivity contribution in [3.63, 3.8) is 0 Å². The molecule has 0 bridgehead atoms. The van der Waals surface area contributed by atoms with Gasteiger partial charge in [-0.1, -0.05) is 30.3 Å². The summed E-state index contributed by atoms with van der Waals surface area (Å²) in [5, 5.41) is 6.28. The van der Waals surface area contributed by atoms with Gasteiger partial charge in [-0.05, 0) is 35.2 Å². The lowest BCUT2D eigenvalue weighted by atomic mass is 9.94. The number of nitrogens with one attached hydrogen (secondary N) is 2. The van der Waals surface area contributed by atoms with Crippen LogP contribution in [0.25, 0.3) is 0 Å². The first-order valence-corrected chi connectivity index (χ1v) is 8.00. The summed E-state index contributed by atoms with van der Waals surface area (Å²) in [6, 6.07) is 13.6. The molecule has 0 aliphatic carbocycles. The van der Waals surface area contributed by atoms with Crippen molar-refractivity contribution in [3.05, 3.63) is 59.2 Å². The third kappa shape index (κ3) is 3.51. The lowest BCUT2D eigenvalue weighted by molar-refractivity contribution is -0.123. The van der Waals surface area contributed by atoms with E-state index in [2.05, 4.69) is 10.6 Å². The highest BCUT2D eigenvalue weighted by atomic mass is 16.5. The van der Waals surface area contributed by atoms with Crippen molar-refractivity contribution in [1.29, 1.82) is 0 Å². The van der Waals surface area contributed by atoms with E-state index >= 15 is 0 Å². The number of ether oxygens (including phenoxy) is 2. The summed E-state index contributed by atoms with van der Waals surface area (Å²) in [5.41, 5.74) is 3.35. The van der Waals surface area contributed by atoms with Crippen LogP contribution < -0.4 is 20.1 Å². The summed E-state index contributed by atoms with van der Waals surface area (Å²) in [6.45, 7) is 1.18. The molecular weight excluding hydrogens is 304 g/mol. The first kappa shape index (κ1) is 16.3. The van der Waals surface area contributed by atoms with Gasteiger partial charge in [0.1, 0.15) is 0 Å². The molecule has 1 heterocycles. The van der Waals surface area contributed by atoms with Crippen molar-refractivity contribution in [2.45, 2.75) is 25.6 Å². The van der Waals surface area contributed by atoms with Crippen molar-refractivity contribution < 1.29 is 14.3 Å². The van der Waals surface area contributed by atoms with Gasteiger partial charge in [0, 0.05) is 13.1 Å². The van der Waals surface area contributed by atoms with Gasteiger partial charge < -0.3 is 20.1 Å². The average molecular weight is 326 g/mol. The Balaban J connectivity index is 1.66. The Labute approximate surface area is 142 Å². The highest BCUT2D eigenvalue weighted by molar-refractivity contribution is 5.82. The number of carbonyl (C=O) groups is 1. The Hall–Kier alpha value is -2.53. The van der Waals surface area contributed by atoms with E-state index in [4.69, 9.17) is 9.47 Å². The molecule has 0 saturated heterocycles. The lowest BCUT2D eigenvalue weighted by Crippen LogP contribution is -2.47. The number of rotatable bonds is 5. The normalized spacial score (nSPS) is 16.2. The van der Waals surface area contributed by atoms with Crippen LogP contribution >= 0.6 is 0 Å². The van der Waals surface area contributed by atoms with Crippen LogP contribution in [0, 0.1) is 0 Å². The maximum atomic E-state index is 12.4. The van der Waals surface area contributed by atoms with Gasteiger partial charge in [0.2, 0.25) is 5.91 Å². The van der Waals surface area contributed by atoms with Gasteiger partial charge in [-0.2, -0.15) is 0 Å². The van der Waals surface area contributed by atoms with Crippen LogP contribution in [0.5, 0.6) is 11.5 Å². The first-order chi connectivity index (χ1) is 11.7. The largest absolute Gasteiger partial charge is 0.493 e. The van der Waals surface area contributed by atoms with Crippen molar-refractivity contribution in [3.8, 4) is 11.5 Å². The predicted molar refractivity (Wildman–Crippen MR) is 92.2 cm³/mol. The van der Waals surface area contributed by atoms with Crippen LogP contribution in [0.3, 0.4) is 0 Å². The molecule has 0 radical (unpaired) electrons. The molecular formula is C19H22N2O3. The minimum atomic E-state index is -0.237. The molecule has 2 aromatic carbocycles. The zero-order chi connectivity index (χ0) is 16.9. The number of benzene rings is 2. The number of methoxy groups -OCH3 is 2. The topological polar surface area (TPSA) is 59.6 Å². The van der Waals surface area contributed by atoms with Gasteiger partial charge in [-0.3, -0.25) is 4.79 Å². The van der Waals surface area contributed by atoms with E-state index in [-0.39, 0.29) is 11.9 Å². The summed E-state index contributed by atoms with van der Waals surface area (Å²) in [5.74, 6) is 1.42. The zero-order valence-electron chi connectivity index (χ0n) is 14.0. The molecule has 126 valence electrons. The van der Waals surface area contributed by atoms with E-state index in [9.17, 15) is 4.79 Å². The molecule has 1 atom stereocenters. The molecule has 0 saturated carbocycles. The second kappa shape index (κ2) is 7.36. The standard InChI is InChI=1S/C19H22N2O3/c1-23-17-9-14-8-16(20-12-15(14)10-18(17)24-2)19(22)21-11-13-6-4-3-5-7-13/h3-7,9-10,16,20H,8,11-12H2,1-2H3,(H,21,22)/t16-/m0/s1. The zero-order valence-corrected chi connectivity index (χ0v) is 14.0. The molecule has 1 aliphatic heterocycles. The van der Waals surface area contributed by atoms with Crippen LogP contribution in [-0.2, 0) is 24.3 Å². The summed E-state index contributed by atoms with van der Waals surface area (Å²) < 4.78 is 10.7. The van der Waals surface area contributed by atoms with Crippen molar-refractivity contribution in [2.75, 3.05) is 14.2 Å². The predicted octanol–water partition coefficient (Wildman–Crippen LogP) is 2.03. The minimum Gasteiger partial charge on any atom is -0.493 e. The fraction of sp³-hybridized carbons (Fsp3) is 0.316. The van der Waals surface area contributed by atoms with Gasteiger partial charge in [0.15, 0.2) is 11.5 Å². The fourth-order valence-corrected chi connectivity index (χ4v) is 2.94. The van der Waals surface area contributed by atoms with Crippen LogP contribution in [0.15, 0.2) is 42.5 Å². The lowest BCUT2D eigenvalue weighted by Gasteiger charge is -2.26. The van der Waals surface area contributed by atoms with Gasteiger partial charge in [-0.25, -0.2) is 0 Å². The second-order valence-corrected chi connectivity index (χ2v) is 5.82. The summed E-state index contributed by atoms with van der Waals surface area (Å²) in [7, 11) is 3.25. The second-order valence-electron chi connectivity index (χ2n) is 5.82. The Morgan fingerprint density at radius 2 is 1.79 bits per heavy atom. The van der Waals surface area contributed by atoms with Crippen LogP contribution in [0.2, 0.25) is 0 Å². The van der Waals surface area contributed by atoms with E-state index in [1.54, 1.807) is 14.2 Å². The summed E-state index contributed by atoms with van der Waals surface area (Å²) >= 11 is 0. The summed E-state index contributed by atoms with van der Waals surface area (Å²) in [4.78, 5) is 12.4.